The Balaban J connectivity index is 1.39. The van der Waals surface area contributed by atoms with Crippen molar-refractivity contribution in [2.24, 2.45) is 0 Å². The van der Waals surface area contributed by atoms with E-state index in [1.54, 1.807) is 42.5 Å². The summed E-state index contributed by atoms with van der Waals surface area (Å²) in [6.07, 6.45) is 1.52. The lowest BCUT2D eigenvalue weighted by Gasteiger charge is -2.34. The molecule has 3 aromatic rings. The average molecular weight is 496 g/mol. The highest BCUT2D eigenvalue weighted by atomic mass is 32.2. The summed E-state index contributed by atoms with van der Waals surface area (Å²) in [5.41, 5.74) is 0.663. The molecule has 0 spiro atoms. The maximum Gasteiger partial charge on any atom is 0.289 e. The zero-order valence-electron chi connectivity index (χ0n) is 18.4. The second kappa shape index (κ2) is 9.99. The number of benzene rings is 2. The van der Waals surface area contributed by atoms with Gasteiger partial charge < -0.3 is 10.2 Å². The molecule has 0 aliphatic carbocycles. The summed E-state index contributed by atoms with van der Waals surface area (Å²) in [7, 11) is -4.08. The Kier molecular flexibility index (Phi) is 6.85. The molecule has 0 radical (unpaired) electrons. The molecule has 2 amide bonds. The van der Waals surface area contributed by atoms with Gasteiger partial charge in [0.2, 0.25) is 10.0 Å². The largest absolute Gasteiger partial charge is 0.336 e. The van der Waals surface area contributed by atoms with Gasteiger partial charge >= 0.3 is 0 Å². The number of pyridine rings is 1. The summed E-state index contributed by atoms with van der Waals surface area (Å²) in [4.78, 5) is 40.8. The fraction of sp³-hybridized carbons (Fsp3) is 0.174. The van der Waals surface area contributed by atoms with Crippen LogP contribution in [0.15, 0.2) is 77.8 Å². The van der Waals surface area contributed by atoms with E-state index < -0.39 is 20.6 Å². The van der Waals surface area contributed by atoms with Gasteiger partial charge in [0.15, 0.2) is 4.90 Å². The predicted octanol–water partition coefficient (Wildman–Crippen LogP) is 2.39. The van der Waals surface area contributed by atoms with E-state index in [9.17, 15) is 28.1 Å². The maximum absolute atomic E-state index is 13.0. The number of aromatic nitrogens is 1. The standard InChI is InChI=1S/C23H21N5O6S/c29-22(19-5-3-4-12-24-19)25-18-10-8-17(9-11-18)23(30)26-13-15-27(16-14-26)35(33,34)21-7-2-1-6-20(21)28(31)32/h1-12H,13-16H2,(H,25,29). The van der Waals surface area contributed by atoms with E-state index in [0.717, 1.165) is 10.4 Å². The molecule has 4 rings (SSSR count). The molecule has 1 fully saturated rings. The number of nitrogens with one attached hydrogen (secondary N) is 1. The second-order valence-electron chi connectivity index (χ2n) is 7.67. The molecule has 0 atom stereocenters. The van der Waals surface area contributed by atoms with E-state index in [4.69, 9.17) is 0 Å². The lowest BCUT2D eigenvalue weighted by molar-refractivity contribution is -0.387. The Hall–Kier alpha value is -4.16. The van der Waals surface area contributed by atoms with E-state index in [0.29, 0.717) is 11.3 Å². The number of anilines is 1. The van der Waals surface area contributed by atoms with Crippen molar-refractivity contribution in [3.05, 3.63) is 94.3 Å². The molecule has 1 aromatic heterocycles. The Bertz CT molecular complexity index is 1350. The van der Waals surface area contributed by atoms with Gasteiger partial charge in [-0.2, -0.15) is 4.31 Å². The van der Waals surface area contributed by atoms with Gasteiger partial charge in [0.1, 0.15) is 5.69 Å². The van der Waals surface area contributed by atoms with Crippen LogP contribution < -0.4 is 5.32 Å². The number of nitro groups is 1. The SMILES string of the molecule is O=C(Nc1ccc(C(=O)N2CCN(S(=O)(=O)c3ccccc3[N+](=O)[O-])CC2)cc1)c1ccccn1. The molecule has 180 valence electrons. The molecule has 12 heteroatoms. The number of nitrogens with zero attached hydrogens (tertiary/aromatic N) is 4. The van der Waals surface area contributed by atoms with Crippen molar-refractivity contribution in [2.75, 3.05) is 31.5 Å². The van der Waals surface area contributed by atoms with Crippen LogP contribution in [0.25, 0.3) is 0 Å². The number of carbonyl (C=O) groups is 2. The first-order valence-electron chi connectivity index (χ1n) is 10.6. The fourth-order valence-corrected chi connectivity index (χ4v) is 5.25. The lowest BCUT2D eigenvalue weighted by atomic mass is 10.1. The van der Waals surface area contributed by atoms with Crippen LogP contribution in [0.4, 0.5) is 11.4 Å². The number of piperazine rings is 1. The smallest absolute Gasteiger partial charge is 0.289 e. The van der Waals surface area contributed by atoms with Crippen LogP contribution in [0.1, 0.15) is 20.8 Å². The maximum atomic E-state index is 13.0. The molecule has 2 heterocycles. The highest BCUT2D eigenvalue weighted by molar-refractivity contribution is 7.89. The van der Waals surface area contributed by atoms with Crippen LogP contribution >= 0.6 is 0 Å². The van der Waals surface area contributed by atoms with Crippen LogP contribution in [-0.2, 0) is 10.0 Å². The molecule has 1 saturated heterocycles. The van der Waals surface area contributed by atoms with Crippen LogP contribution in [0.2, 0.25) is 0 Å². The van der Waals surface area contributed by atoms with Crippen LogP contribution in [0, 0.1) is 10.1 Å². The minimum Gasteiger partial charge on any atom is -0.336 e. The number of sulfonamides is 1. The van der Waals surface area contributed by atoms with Gasteiger partial charge in [-0.25, -0.2) is 8.42 Å². The van der Waals surface area contributed by atoms with Crippen molar-refractivity contribution in [2.45, 2.75) is 4.90 Å². The third-order valence-corrected chi connectivity index (χ3v) is 7.44. The molecule has 35 heavy (non-hydrogen) atoms. The number of nitro benzene ring substituents is 1. The van der Waals surface area contributed by atoms with Crippen LogP contribution in [-0.4, -0.2) is 65.5 Å². The summed E-state index contributed by atoms with van der Waals surface area (Å²) in [5, 5.41) is 14.0. The van der Waals surface area contributed by atoms with Crippen molar-refractivity contribution in [1.82, 2.24) is 14.2 Å². The van der Waals surface area contributed by atoms with Crippen molar-refractivity contribution in [3.8, 4) is 0 Å². The normalized spacial score (nSPS) is 14.3. The number of carbonyl (C=O) groups excluding carboxylic acids is 2. The van der Waals surface area contributed by atoms with E-state index in [2.05, 4.69) is 10.3 Å². The molecule has 11 nitrogen and oxygen atoms in total. The topological polar surface area (TPSA) is 143 Å². The second-order valence-corrected chi connectivity index (χ2v) is 9.57. The first-order chi connectivity index (χ1) is 16.8. The van der Waals surface area contributed by atoms with E-state index in [1.165, 1.54) is 29.3 Å². The zero-order valence-corrected chi connectivity index (χ0v) is 19.2. The monoisotopic (exact) mass is 495 g/mol. The number of hydrogen-bond acceptors (Lipinski definition) is 7. The van der Waals surface area contributed by atoms with Gasteiger partial charge in [0.05, 0.1) is 4.92 Å². The Morgan fingerprint density at radius 3 is 2.20 bits per heavy atom. The summed E-state index contributed by atoms with van der Waals surface area (Å²) in [5.74, 6) is -0.656. The third kappa shape index (κ3) is 5.18. The van der Waals surface area contributed by atoms with Crippen molar-refractivity contribution >= 4 is 33.2 Å². The number of para-hydroxylation sites is 1. The van der Waals surface area contributed by atoms with Crippen molar-refractivity contribution in [1.29, 1.82) is 0 Å². The molecule has 0 saturated carbocycles. The quantitative estimate of drug-likeness (QED) is 0.408. The molecule has 1 aliphatic rings. The van der Waals surface area contributed by atoms with Crippen LogP contribution in [0.5, 0.6) is 0 Å². The van der Waals surface area contributed by atoms with E-state index in [-0.39, 0.29) is 48.6 Å². The minimum atomic E-state index is -4.08. The minimum absolute atomic E-state index is 0.0122. The van der Waals surface area contributed by atoms with Crippen LogP contribution in [0.3, 0.4) is 0 Å². The van der Waals surface area contributed by atoms with Gasteiger partial charge in [-0.3, -0.25) is 24.7 Å². The lowest BCUT2D eigenvalue weighted by Crippen LogP contribution is -2.50. The third-order valence-electron chi connectivity index (χ3n) is 5.49. The molecule has 2 aromatic carbocycles. The Morgan fingerprint density at radius 2 is 1.57 bits per heavy atom. The fourth-order valence-electron chi connectivity index (χ4n) is 3.67. The number of rotatable bonds is 6. The molecule has 0 bridgehead atoms. The van der Waals surface area contributed by atoms with Gasteiger partial charge in [-0.15, -0.1) is 0 Å². The van der Waals surface area contributed by atoms with E-state index in [1.807, 2.05) is 0 Å². The molecule has 1 aliphatic heterocycles. The molecule has 0 unspecified atom stereocenters. The summed E-state index contributed by atoms with van der Waals surface area (Å²) in [6, 6.07) is 16.5. The molecule has 1 N–H and O–H groups in total. The molecular weight excluding hydrogens is 474 g/mol. The predicted molar refractivity (Wildman–Crippen MR) is 126 cm³/mol. The van der Waals surface area contributed by atoms with Gasteiger partial charge in [-0.1, -0.05) is 18.2 Å². The molecular formula is C23H21N5O6S. The van der Waals surface area contributed by atoms with Crippen molar-refractivity contribution in [3.63, 3.8) is 0 Å². The Morgan fingerprint density at radius 1 is 0.914 bits per heavy atom. The number of amides is 2. The highest BCUT2D eigenvalue weighted by Crippen LogP contribution is 2.27. The summed E-state index contributed by atoms with van der Waals surface area (Å²) >= 11 is 0. The summed E-state index contributed by atoms with van der Waals surface area (Å²) < 4.78 is 27.1. The van der Waals surface area contributed by atoms with E-state index >= 15 is 0 Å². The van der Waals surface area contributed by atoms with Gasteiger partial charge in [0.25, 0.3) is 17.5 Å². The number of hydrogen-bond donors (Lipinski definition) is 1. The Labute approximate surface area is 201 Å². The van der Waals surface area contributed by atoms with Gasteiger partial charge in [0, 0.05) is 49.7 Å². The van der Waals surface area contributed by atoms with Gasteiger partial charge in [-0.05, 0) is 42.5 Å². The van der Waals surface area contributed by atoms with Crippen molar-refractivity contribution < 1.29 is 22.9 Å². The first kappa shape index (κ1) is 24.0. The first-order valence-corrected chi connectivity index (χ1v) is 12.1. The average Bonchev–Trinajstić information content (AvgIpc) is 2.89. The highest BCUT2D eigenvalue weighted by Gasteiger charge is 2.34. The summed E-state index contributed by atoms with van der Waals surface area (Å²) in [6.45, 7) is 0.296. The zero-order chi connectivity index (χ0) is 25.0.